The molecule has 17 heavy (non-hydrogen) atoms. The van der Waals surface area contributed by atoms with E-state index in [1.807, 2.05) is 0 Å². The van der Waals surface area contributed by atoms with Gasteiger partial charge in [-0.3, -0.25) is 0 Å². The van der Waals surface area contributed by atoms with Crippen molar-refractivity contribution in [2.24, 2.45) is 0 Å². The van der Waals surface area contributed by atoms with Crippen LogP contribution in [-0.2, 0) is 0 Å². The standard InChI is InChI=1S/C14H16N2S/c1-11-3-7-13(8-4-11)15-17-16-14-9-5-12(2)6-10-14/h3-10,15-16H,1-2H3. The Labute approximate surface area is 107 Å². The summed E-state index contributed by atoms with van der Waals surface area (Å²) >= 11 is 1.47. The van der Waals surface area contributed by atoms with E-state index in [0.717, 1.165) is 11.4 Å². The van der Waals surface area contributed by atoms with Crippen molar-refractivity contribution in [2.45, 2.75) is 13.8 Å². The van der Waals surface area contributed by atoms with Gasteiger partial charge in [0.2, 0.25) is 0 Å². The highest BCUT2D eigenvalue weighted by molar-refractivity contribution is 8.01. The van der Waals surface area contributed by atoms with Crippen molar-refractivity contribution in [3.8, 4) is 0 Å². The second-order valence-corrected chi connectivity index (χ2v) is 4.65. The number of hydrogen-bond acceptors (Lipinski definition) is 3. The molecular formula is C14H16N2S. The zero-order valence-corrected chi connectivity index (χ0v) is 10.8. The van der Waals surface area contributed by atoms with Crippen LogP contribution < -0.4 is 9.44 Å². The van der Waals surface area contributed by atoms with E-state index >= 15 is 0 Å². The molecule has 3 heteroatoms. The number of nitrogens with one attached hydrogen (secondary N) is 2. The van der Waals surface area contributed by atoms with Crippen LogP contribution >= 0.6 is 12.1 Å². The van der Waals surface area contributed by atoms with Crippen molar-refractivity contribution in [3.63, 3.8) is 0 Å². The van der Waals surface area contributed by atoms with Crippen LogP contribution in [0.25, 0.3) is 0 Å². The Balaban J connectivity index is 1.83. The Morgan fingerprint density at radius 3 is 1.35 bits per heavy atom. The Bertz CT molecular complexity index is 417. The van der Waals surface area contributed by atoms with E-state index in [0.29, 0.717) is 0 Å². The average molecular weight is 244 g/mol. The van der Waals surface area contributed by atoms with E-state index in [1.54, 1.807) is 0 Å². The van der Waals surface area contributed by atoms with Gasteiger partial charge >= 0.3 is 0 Å². The van der Waals surface area contributed by atoms with E-state index in [1.165, 1.54) is 23.3 Å². The number of benzene rings is 2. The molecule has 0 spiro atoms. The maximum absolute atomic E-state index is 3.24. The van der Waals surface area contributed by atoms with E-state index in [9.17, 15) is 0 Å². The minimum absolute atomic E-state index is 1.10. The van der Waals surface area contributed by atoms with E-state index in [4.69, 9.17) is 0 Å². The van der Waals surface area contributed by atoms with Gasteiger partial charge in [-0.2, -0.15) is 0 Å². The second kappa shape index (κ2) is 5.64. The fraction of sp³-hybridized carbons (Fsp3) is 0.143. The van der Waals surface area contributed by atoms with Crippen LogP contribution in [0.1, 0.15) is 11.1 Å². The second-order valence-electron chi connectivity index (χ2n) is 4.04. The van der Waals surface area contributed by atoms with E-state index < -0.39 is 0 Å². The Hall–Kier alpha value is -1.61. The van der Waals surface area contributed by atoms with Crippen LogP contribution in [0.2, 0.25) is 0 Å². The third-order valence-electron chi connectivity index (χ3n) is 2.44. The summed E-state index contributed by atoms with van der Waals surface area (Å²) in [5.74, 6) is 0. The molecule has 0 radical (unpaired) electrons. The molecule has 0 aromatic heterocycles. The van der Waals surface area contributed by atoms with Crippen LogP contribution in [0.4, 0.5) is 11.4 Å². The monoisotopic (exact) mass is 244 g/mol. The summed E-state index contributed by atoms with van der Waals surface area (Å²) in [7, 11) is 0. The molecule has 0 bridgehead atoms. The maximum Gasteiger partial charge on any atom is 0.0655 e. The summed E-state index contributed by atoms with van der Waals surface area (Å²) in [6.07, 6.45) is 0. The molecule has 2 rings (SSSR count). The Kier molecular flexibility index (Phi) is 3.94. The number of hydrogen-bond donors (Lipinski definition) is 2. The van der Waals surface area contributed by atoms with Gasteiger partial charge in [-0.1, -0.05) is 35.4 Å². The molecule has 0 atom stereocenters. The lowest BCUT2D eigenvalue weighted by Crippen LogP contribution is -1.94. The Morgan fingerprint density at radius 2 is 1.00 bits per heavy atom. The van der Waals surface area contributed by atoms with Gasteiger partial charge in [0.15, 0.2) is 0 Å². The third-order valence-corrected chi connectivity index (χ3v) is 3.12. The fourth-order valence-electron chi connectivity index (χ4n) is 1.39. The zero-order chi connectivity index (χ0) is 12.1. The first kappa shape index (κ1) is 11.9. The van der Waals surface area contributed by atoms with Gasteiger partial charge in [0.05, 0.1) is 12.1 Å². The third kappa shape index (κ3) is 3.71. The first-order chi connectivity index (χ1) is 8.24. The van der Waals surface area contributed by atoms with Gasteiger partial charge in [0, 0.05) is 11.4 Å². The normalized spacial score (nSPS) is 10.0. The lowest BCUT2D eigenvalue weighted by molar-refractivity contribution is 1.47. The number of rotatable bonds is 4. The highest BCUT2D eigenvalue weighted by Gasteiger charge is 1.93. The van der Waals surface area contributed by atoms with Crippen LogP contribution in [-0.4, -0.2) is 0 Å². The van der Waals surface area contributed by atoms with Crippen molar-refractivity contribution in [1.82, 2.24) is 0 Å². The average Bonchev–Trinajstić information content (AvgIpc) is 2.34. The summed E-state index contributed by atoms with van der Waals surface area (Å²) in [5, 5.41) is 0. The van der Waals surface area contributed by atoms with Crippen LogP contribution in [0.15, 0.2) is 48.5 Å². The summed E-state index contributed by atoms with van der Waals surface area (Å²) in [6.45, 7) is 4.17. The quantitative estimate of drug-likeness (QED) is 0.780. The SMILES string of the molecule is Cc1ccc(NSNc2ccc(C)cc2)cc1. The van der Waals surface area contributed by atoms with Crippen LogP contribution in [0.3, 0.4) is 0 Å². The number of aryl methyl sites for hydroxylation is 2. The molecule has 0 heterocycles. The highest BCUT2D eigenvalue weighted by Crippen LogP contribution is 2.17. The van der Waals surface area contributed by atoms with Gasteiger partial charge in [-0.05, 0) is 38.1 Å². The first-order valence-electron chi connectivity index (χ1n) is 5.55. The van der Waals surface area contributed by atoms with Crippen molar-refractivity contribution >= 4 is 23.5 Å². The molecule has 0 unspecified atom stereocenters. The molecule has 0 fully saturated rings. The molecule has 0 aliphatic rings. The molecule has 2 N–H and O–H groups in total. The smallest absolute Gasteiger partial charge is 0.0655 e. The molecule has 2 aromatic rings. The minimum Gasteiger partial charge on any atom is -0.312 e. The van der Waals surface area contributed by atoms with Crippen molar-refractivity contribution in [3.05, 3.63) is 59.7 Å². The fourth-order valence-corrected chi connectivity index (χ4v) is 1.95. The van der Waals surface area contributed by atoms with Gasteiger partial charge in [0.25, 0.3) is 0 Å². The van der Waals surface area contributed by atoms with Crippen molar-refractivity contribution in [1.29, 1.82) is 0 Å². The zero-order valence-electron chi connectivity index (χ0n) is 10.0. The lowest BCUT2D eigenvalue weighted by atomic mass is 10.2. The molecular weight excluding hydrogens is 228 g/mol. The lowest BCUT2D eigenvalue weighted by Gasteiger charge is -2.07. The van der Waals surface area contributed by atoms with E-state index in [-0.39, 0.29) is 0 Å². The number of anilines is 2. The summed E-state index contributed by atoms with van der Waals surface area (Å²) < 4.78 is 6.48. The maximum atomic E-state index is 3.24. The van der Waals surface area contributed by atoms with Gasteiger partial charge in [-0.25, -0.2) is 0 Å². The first-order valence-corrected chi connectivity index (χ1v) is 6.37. The highest BCUT2D eigenvalue weighted by atomic mass is 32.2. The van der Waals surface area contributed by atoms with Gasteiger partial charge < -0.3 is 9.44 Å². The van der Waals surface area contributed by atoms with Gasteiger partial charge in [0.1, 0.15) is 0 Å². The molecule has 0 saturated carbocycles. The predicted octanol–water partition coefficient (Wildman–Crippen LogP) is 4.39. The minimum atomic E-state index is 1.10. The van der Waals surface area contributed by atoms with Crippen molar-refractivity contribution in [2.75, 3.05) is 9.44 Å². The van der Waals surface area contributed by atoms with Crippen LogP contribution in [0.5, 0.6) is 0 Å². The molecule has 2 aromatic carbocycles. The molecule has 0 aliphatic carbocycles. The molecule has 0 saturated heterocycles. The Morgan fingerprint density at radius 1 is 0.647 bits per heavy atom. The predicted molar refractivity (Wildman–Crippen MR) is 77.2 cm³/mol. The molecule has 88 valence electrons. The van der Waals surface area contributed by atoms with Gasteiger partial charge in [-0.15, -0.1) is 0 Å². The summed E-state index contributed by atoms with van der Waals surface area (Å²) in [5.41, 5.74) is 4.74. The summed E-state index contributed by atoms with van der Waals surface area (Å²) in [6, 6.07) is 16.6. The largest absolute Gasteiger partial charge is 0.312 e. The summed E-state index contributed by atoms with van der Waals surface area (Å²) in [4.78, 5) is 0. The molecule has 0 amide bonds. The van der Waals surface area contributed by atoms with Crippen molar-refractivity contribution < 1.29 is 0 Å². The molecule has 2 nitrogen and oxygen atoms in total. The molecule has 0 aliphatic heterocycles. The topological polar surface area (TPSA) is 24.1 Å². The van der Waals surface area contributed by atoms with Crippen LogP contribution in [0, 0.1) is 13.8 Å². The van der Waals surface area contributed by atoms with E-state index in [2.05, 4.69) is 71.8 Å².